The van der Waals surface area contributed by atoms with Gasteiger partial charge in [-0.1, -0.05) is 5.16 Å². The van der Waals surface area contributed by atoms with Crippen molar-refractivity contribution in [3.63, 3.8) is 0 Å². The van der Waals surface area contributed by atoms with Crippen LogP contribution >= 0.6 is 0 Å². The van der Waals surface area contributed by atoms with E-state index in [1.54, 1.807) is 0 Å². The van der Waals surface area contributed by atoms with Crippen LogP contribution in [0.1, 0.15) is 25.7 Å². The highest BCUT2D eigenvalue weighted by atomic mass is 16.5. The monoisotopic (exact) mass is 202 g/mol. The summed E-state index contributed by atoms with van der Waals surface area (Å²) in [7, 11) is 0. The van der Waals surface area contributed by atoms with Gasteiger partial charge < -0.3 is 20.4 Å². The molecule has 0 spiro atoms. The molecule has 1 aliphatic heterocycles. The highest BCUT2D eigenvalue weighted by molar-refractivity contribution is 5.79. The van der Waals surface area contributed by atoms with Gasteiger partial charge in [0, 0.05) is 13.0 Å². The molecule has 1 saturated heterocycles. The summed E-state index contributed by atoms with van der Waals surface area (Å²) in [6.45, 7) is 1.93. The summed E-state index contributed by atoms with van der Waals surface area (Å²) in [4.78, 5) is 0. The average Bonchev–Trinajstić information content (AvgIpc) is 2.25. The summed E-state index contributed by atoms with van der Waals surface area (Å²) < 4.78 is 10.8. The van der Waals surface area contributed by atoms with Crippen molar-refractivity contribution >= 4 is 5.84 Å². The van der Waals surface area contributed by atoms with Crippen molar-refractivity contribution in [1.82, 2.24) is 0 Å². The molecule has 82 valence electrons. The summed E-state index contributed by atoms with van der Waals surface area (Å²) in [5, 5.41) is 11.1. The Hall–Kier alpha value is -0.810. The van der Waals surface area contributed by atoms with Crippen molar-refractivity contribution in [2.75, 3.05) is 19.8 Å². The van der Waals surface area contributed by atoms with E-state index < -0.39 is 0 Å². The Morgan fingerprint density at radius 2 is 2.43 bits per heavy atom. The second-order valence-corrected chi connectivity index (χ2v) is 3.40. The minimum Gasteiger partial charge on any atom is -0.409 e. The molecule has 1 rings (SSSR count). The van der Waals surface area contributed by atoms with E-state index in [4.69, 9.17) is 20.4 Å². The lowest BCUT2D eigenvalue weighted by Crippen LogP contribution is -2.25. The second-order valence-electron chi connectivity index (χ2n) is 3.40. The Labute approximate surface area is 83.9 Å². The van der Waals surface area contributed by atoms with Crippen LogP contribution in [0.15, 0.2) is 5.16 Å². The molecular formula is C9H18N2O3. The van der Waals surface area contributed by atoms with Crippen LogP contribution in [-0.4, -0.2) is 37.0 Å². The standard InChI is InChI=1S/C9H18N2O3/c10-9(11-12)4-6-13-7-8-3-1-2-5-14-8/h8,12H,1-7H2,(H2,10,11). The third-order valence-corrected chi connectivity index (χ3v) is 2.21. The molecule has 14 heavy (non-hydrogen) atoms. The number of oxime groups is 1. The van der Waals surface area contributed by atoms with Crippen LogP contribution in [0.5, 0.6) is 0 Å². The lowest BCUT2D eigenvalue weighted by Gasteiger charge is -2.22. The van der Waals surface area contributed by atoms with Crippen molar-refractivity contribution < 1.29 is 14.7 Å². The van der Waals surface area contributed by atoms with Crippen molar-refractivity contribution in [3.05, 3.63) is 0 Å². The molecule has 0 radical (unpaired) electrons. The highest BCUT2D eigenvalue weighted by Gasteiger charge is 2.13. The predicted octanol–water partition coefficient (Wildman–Crippen LogP) is 0.709. The Bertz CT molecular complexity index is 179. The Morgan fingerprint density at radius 3 is 3.07 bits per heavy atom. The van der Waals surface area contributed by atoms with Crippen molar-refractivity contribution in [2.45, 2.75) is 31.8 Å². The molecule has 0 aliphatic carbocycles. The Kier molecular flexibility index (Phi) is 5.32. The average molecular weight is 202 g/mol. The van der Waals surface area contributed by atoms with Gasteiger partial charge in [-0.2, -0.15) is 0 Å². The SMILES string of the molecule is N/C(CCOCC1CCCCO1)=N\O. The van der Waals surface area contributed by atoms with Gasteiger partial charge in [-0.05, 0) is 19.3 Å². The number of hydrogen-bond acceptors (Lipinski definition) is 4. The molecule has 3 N–H and O–H groups in total. The molecule has 1 fully saturated rings. The summed E-state index contributed by atoms with van der Waals surface area (Å²) in [6, 6.07) is 0. The Balaban J connectivity index is 1.97. The number of ether oxygens (including phenoxy) is 2. The molecular weight excluding hydrogens is 184 g/mol. The fourth-order valence-corrected chi connectivity index (χ4v) is 1.38. The van der Waals surface area contributed by atoms with Gasteiger partial charge in [-0.25, -0.2) is 0 Å². The van der Waals surface area contributed by atoms with Crippen molar-refractivity contribution in [3.8, 4) is 0 Å². The van der Waals surface area contributed by atoms with Gasteiger partial charge in [0.25, 0.3) is 0 Å². The van der Waals surface area contributed by atoms with Crippen LogP contribution in [0.25, 0.3) is 0 Å². The number of nitrogens with two attached hydrogens (primary N) is 1. The van der Waals surface area contributed by atoms with Crippen LogP contribution in [0.4, 0.5) is 0 Å². The number of rotatable bonds is 5. The van der Waals surface area contributed by atoms with E-state index in [1.165, 1.54) is 6.42 Å². The van der Waals surface area contributed by atoms with Crippen molar-refractivity contribution in [2.24, 2.45) is 10.9 Å². The first-order valence-corrected chi connectivity index (χ1v) is 4.98. The van der Waals surface area contributed by atoms with E-state index in [9.17, 15) is 0 Å². The van der Waals surface area contributed by atoms with Crippen LogP contribution in [-0.2, 0) is 9.47 Å². The molecule has 0 saturated carbocycles. The van der Waals surface area contributed by atoms with Gasteiger partial charge in [-0.3, -0.25) is 0 Å². The molecule has 5 heteroatoms. The quantitative estimate of drug-likeness (QED) is 0.226. The fraction of sp³-hybridized carbons (Fsp3) is 0.889. The maximum Gasteiger partial charge on any atom is 0.141 e. The van der Waals surface area contributed by atoms with Gasteiger partial charge in [0.15, 0.2) is 0 Å². The van der Waals surface area contributed by atoms with E-state index in [-0.39, 0.29) is 11.9 Å². The highest BCUT2D eigenvalue weighted by Crippen LogP contribution is 2.12. The summed E-state index contributed by atoms with van der Waals surface area (Å²) >= 11 is 0. The summed E-state index contributed by atoms with van der Waals surface area (Å²) in [5.41, 5.74) is 5.28. The largest absolute Gasteiger partial charge is 0.409 e. The van der Waals surface area contributed by atoms with Gasteiger partial charge in [0.2, 0.25) is 0 Å². The summed E-state index contributed by atoms with van der Waals surface area (Å²) in [5.74, 6) is 0.203. The molecule has 0 aromatic carbocycles. The minimum atomic E-state index is 0.203. The maximum atomic E-state index is 8.27. The van der Waals surface area contributed by atoms with Gasteiger partial charge >= 0.3 is 0 Å². The molecule has 0 amide bonds. The topological polar surface area (TPSA) is 77.1 Å². The Morgan fingerprint density at radius 1 is 1.57 bits per heavy atom. The molecule has 1 unspecified atom stereocenters. The number of nitrogens with zero attached hydrogens (tertiary/aromatic N) is 1. The molecule has 0 bridgehead atoms. The van der Waals surface area contributed by atoms with E-state index in [0.29, 0.717) is 19.6 Å². The zero-order valence-corrected chi connectivity index (χ0v) is 8.32. The molecule has 1 aliphatic rings. The normalized spacial score (nSPS) is 23.7. The lowest BCUT2D eigenvalue weighted by atomic mass is 10.1. The van der Waals surface area contributed by atoms with E-state index in [2.05, 4.69) is 5.16 Å². The molecule has 0 aromatic rings. The third kappa shape index (κ3) is 4.43. The van der Waals surface area contributed by atoms with Gasteiger partial charge in [0.1, 0.15) is 5.84 Å². The zero-order chi connectivity index (χ0) is 10.2. The molecule has 1 heterocycles. The van der Waals surface area contributed by atoms with Crippen molar-refractivity contribution in [1.29, 1.82) is 0 Å². The fourth-order valence-electron chi connectivity index (χ4n) is 1.38. The second kappa shape index (κ2) is 6.62. The summed E-state index contributed by atoms with van der Waals surface area (Å²) in [6.07, 6.45) is 4.14. The minimum absolute atomic E-state index is 0.203. The van der Waals surface area contributed by atoms with Crippen LogP contribution < -0.4 is 5.73 Å². The predicted molar refractivity (Wildman–Crippen MR) is 52.4 cm³/mol. The zero-order valence-electron chi connectivity index (χ0n) is 8.32. The third-order valence-electron chi connectivity index (χ3n) is 2.21. The smallest absolute Gasteiger partial charge is 0.141 e. The first-order chi connectivity index (χ1) is 6.83. The first-order valence-electron chi connectivity index (χ1n) is 4.98. The molecule has 1 atom stereocenters. The first kappa shape index (κ1) is 11.3. The van der Waals surface area contributed by atoms with E-state index >= 15 is 0 Å². The number of amidine groups is 1. The van der Waals surface area contributed by atoms with Crippen LogP contribution in [0, 0.1) is 0 Å². The van der Waals surface area contributed by atoms with E-state index in [0.717, 1.165) is 19.4 Å². The van der Waals surface area contributed by atoms with Gasteiger partial charge in [0.05, 0.1) is 19.3 Å². The molecule has 0 aromatic heterocycles. The van der Waals surface area contributed by atoms with Crippen LogP contribution in [0.3, 0.4) is 0 Å². The number of hydrogen-bond donors (Lipinski definition) is 2. The van der Waals surface area contributed by atoms with Crippen LogP contribution in [0.2, 0.25) is 0 Å². The lowest BCUT2D eigenvalue weighted by molar-refractivity contribution is -0.0394. The van der Waals surface area contributed by atoms with E-state index in [1.807, 2.05) is 0 Å². The molecule has 5 nitrogen and oxygen atoms in total. The maximum absolute atomic E-state index is 8.27. The van der Waals surface area contributed by atoms with Gasteiger partial charge in [-0.15, -0.1) is 0 Å².